The molecule has 0 unspecified atom stereocenters. The molecule has 0 atom stereocenters. The second-order valence-electron chi connectivity index (χ2n) is 3.78. The van der Waals surface area contributed by atoms with Crippen LogP contribution in [-0.4, -0.2) is 23.7 Å². The molecule has 14 heavy (non-hydrogen) atoms. The van der Waals surface area contributed by atoms with Crippen LogP contribution in [0.4, 0.5) is 0 Å². The summed E-state index contributed by atoms with van der Waals surface area (Å²) in [5, 5.41) is 5.39. The van der Waals surface area contributed by atoms with Gasteiger partial charge in [0.05, 0.1) is 16.8 Å². The predicted molar refractivity (Wildman–Crippen MR) is 59.5 cm³/mol. The number of nitrogens with zero attached hydrogens (tertiary/aromatic N) is 1. The van der Waals surface area contributed by atoms with E-state index in [0.717, 1.165) is 25.4 Å². The lowest BCUT2D eigenvalue weighted by Gasteiger charge is -2.24. The van der Waals surface area contributed by atoms with Crippen LogP contribution >= 0.6 is 11.3 Å². The normalized spacial score (nSPS) is 11.9. The van der Waals surface area contributed by atoms with Crippen molar-refractivity contribution in [3.05, 3.63) is 16.6 Å². The van der Waals surface area contributed by atoms with Crippen molar-refractivity contribution in [2.45, 2.75) is 32.9 Å². The Morgan fingerprint density at radius 3 is 2.93 bits per heavy atom. The van der Waals surface area contributed by atoms with Gasteiger partial charge in [0.15, 0.2) is 0 Å². The van der Waals surface area contributed by atoms with Crippen LogP contribution in [0.25, 0.3) is 0 Å². The van der Waals surface area contributed by atoms with Gasteiger partial charge in [-0.1, -0.05) is 0 Å². The Morgan fingerprint density at radius 2 is 2.36 bits per heavy atom. The number of aromatic nitrogens is 1. The highest BCUT2D eigenvalue weighted by molar-refractivity contribution is 7.07. The summed E-state index contributed by atoms with van der Waals surface area (Å²) in [4.78, 5) is 4.20. The lowest BCUT2D eigenvalue weighted by Crippen LogP contribution is -2.37. The van der Waals surface area contributed by atoms with Crippen LogP contribution in [0.1, 0.15) is 26.5 Å². The number of nitrogens with one attached hydrogen (secondary N) is 1. The average Bonchev–Trinajstić information content (AvgIpc) is 2.56. The molecule has 0 saturated heterocycles. The molecule has 4 heteroatoms. The first kappa shape index (κ1) is 11.6. The molecule has 1 aromatic heterocycles. The molecule has 1 heterocycles. The second kappa shape index (κ2) is 5.44. The Hall–Kier alpha value is -0.450. The topological polar surface area (TPSA) is 34.1 Å². The van der Waals surface area contributed by atoms with Gasteiger partial charge >= 0.3 is 0 Å². The van der Waals surface area contributed by atoms with Gasteiger partial charge in [-0.25, -0.2) is 4.98 Å². The average molecular weight is 214 g/mol. The summed E-state index contributed by atoms with van der Waals surface area (Å²) >= 11 is 1.63. The van der Waals surface area contributed by atoms with Crippen LogP contribution in [0.3, 0.4) is 0 Å². The van der Waals surface area contributed by atoms with Gasteiger partial charge in [0.1, 0.15) is 0 Å². The summed E-state index contributed by atoms with van der Waals surface area (Å²) in [5.41, 5.74) is 2.86. The van der Waals surface area contributed by atoms with Crippen LogP contribution in [0.15, 0.2) is 10.9 Å². The number of rotatable bonds is 6. The largest absolute Gasteiger partial charge is 0.375 e. The molecule has 1 rings (SSSR count). The summed E-state index contributed by atoms with van der Waals surface area (Å²) in [6.07, 6.45) is 0. The Labute approximate surface area is 89.5 Å². The highest BCUT2D eigenvalue weighted by atomic mass is 32.1. The van der Waals surface area contributed by atoms with Gasteiger partial charge in [-0.05, 0) is 20.8 Å². The third-order valence-electron chi connectivity index (χ3n) is 1.88. The van der Waals surface area contributed by atoms with Crippen molar-refractivity contribution in [2.75, 3.05) is 13.2 Å². The van der Waals surface area contributed by atoms with Crippen molar-refractivity contribution in [2.24, 2.45) is 0 Å². The summed E-state index contributed by atoms with van der Waals surface area (Å²) in [5.74, 6) is 0. The molecule has 0 bridgehead atoms. The van der Waals surface area contributed by atoms with Gasteiger partial charge in [-0.15, -0.1) is 11.3 Å². The fourth-order valence-corrected chi connectivity index (χ4v) is 1.82. The first-order valence-electron chi connectivity index (χ1n) is 4.86. The van der Waals surface area contributed by atoms with E-state index in [4.69, 9.17) is 4.74 Å². The van der Waals surface area contributed by atoms with Crippen LogP contribution in [-0.2, 0) is 11.3 Å². The summed E-state index contributed by atoms with van der Waals surface area (Å²) in [6.45, 7) is 8.61. The van der Waals surface area contributed by atoms with Gasteiger partial charge in [-0.2, -0.15) is 0 Å². The molecular weight excluding hydrogens is 196 g/mol. The molecule has 0 saturated carbocycles. The second-order valence-corrected chi connectivity index (χ2v) is 4.49. The van der Waals surface area contributed by atoms with E-state index in [1.807, 2.05) is 12.4 Å². The molecule has 0 aliphatic heterocycles. The monoisotopic (exact) mass is 214 g/mol. The van der Waals surface area contributed by atoms with Crippen LogP contribution in [0.2, 0.25) is 0 Å². The molecule has 1 aromatic rings. The van der Waals surface area contributed by atoms with Crippen LogP contribution in [0, 0.1) is 0 Å². The smallest absolute Gasteiger partial charge is 0.0795 e. The Kier molecular flexibility index (Phi) is 4.51. The molecule has 0 amide bonds. The minimum atomic E-state index is -0.0925. The first-order valence-corrected chi connectivity index (χ1v) is 5.80. The van der Waals surface area contributed by atoms with Crippen molar-refractivity contribution in [3.8, 4) is 0 Å². The lowest BCUT2D eigenvalue weighted by atomic mass is 10.1. The highest BCUT2D eigenvalue weighted by Crippen LogP contribution is 2.07. The Morgan fingerprint density at radius 1 is 1.57 bits per heavy atom. The fraction of sp³-hybridized carbons (Fsp3) is 0.700. The number of hydrogen-bond acceptors (Lipinski definition) is 4. The zero-order chi connectivity index (χ0) is 10.4. The third-order valence-corrected chi connectivity index (χ3v) is 2.51. The number of ether oxygens (including phenoxy) is 1. The minimum absolute atomic E-state index is 0.0925. The van der Waals surface area contributed by atoms with E-state index in [0.29, 0.717) is 0 Å². The highest BCUT2D eigenvalue weighted by Gasteiger charge is 2.16. The Balaban J connectivity index is 2.20. The maximum absolute atomic E-state index is 5.57. The maximum atomic E-state index is 5.57. The summed E-state index contributed by atoms with van der Waals surface area (Å²) in [7, 11) is 0. The van der Waals surface area contributed by atoms with Gasteiger partial charge in [-0.3, -0.25) is 0 Å². The van der Waals surface area contributed by atoms with E-state index >= 15 is 0 Å². The zero-order valence-electron chi connectivity index (χ0n) is 9.04. The summed E-state index contributed by atoms with van der Waals surface area (Å²) < 4.78 is 5.57. The minimum Gasteiger partial charge on any atom is -0.375 e. The van der Waals surface area contributed by atoms with E-state index in [1.54, 1.807) is 11.3 Å². The SMILES string of the molecule is CCOC(C)(C)CNCc1cscn1. The van der Waals surface area contributed by atoms with Crippen molar-refractivity contribution in [3.63, 3.8) is 0 Å². The van der Waals surface area contributed by atoms with Crippen LogP contribution < -0.4 is 5.32 Å². The third kappa shape index (κ3) is 4.17. The van der Waals surface area contributed by atoms with Crippen molar-refractivity contribution >= 4 is 11.3 Å². The molecular formula is C10H18N2OS. The molecule has 3 nitrogen and oxygen atoms in total. The van der Waals surface area contributed by atoms with Crippen molar-refractivity contribution in [1.29, 1.82) is 0 Å². The molecule has 0 fully saturated rings. The maximum Gasteiger partial charge on any atom is 0.0795 e. The fourth-order valence-electron chi connectivity index (χ4n) is 1.26. The lowest BCUT2D eigenvalue weighted by molar-refractivity contribution is -0.00901. The van der Waals surface area contributed by atoms with Gasteiger partial charge in [0, 0.05) is 25.1 Å². The first-order chi connectivity index (χ1) is 6.64. The molecule has 0 aromatic carbocycles. The standard InChI is InChI=1S/C10H18N2OS/c1-4-13-10(2,3)7-11-5-9-6-14-8-12-9/h6,8,11H,4-5,7H2,1-3H3. The van der Waals surface area contributed by atoms with E-state index in [-0.39, 0.29) is 5.60 Å². The van der Waals surface area contributed by atoms with E-state index in [9.17, 15) is 0 Å². The van der Waals surface area contributed by atoms with Gasteiger partial charge in [0.2, 0.25) is 0 Å². The van der Waals surface area contributed by atoms with Crippen LogP contribution in [0.5, 0.6) is 0 Å². The molecule has 80 valence electrons. The van der Waals surface area contributed by atoms with E-state index in [2.05, 4.69) is 29.5 Å². The quantitative estimate of drug-likeness (QED) is 0.787. The zero-order valence-corrected chi connectivity index (χ0v) is 9.86. The molecule has 0 spiro atoms. The predicted octanol–water partition coefficient (Wildman–Crippen LogP) is 2.05. The van der Waals surface area contributed by atoms with E-state index in [1.165, 1.54) is 0 Å². The summed E-state index contributed by atoms with van der Waals surface area (Å²) in [6, 6.07) is 0. The van der Waals surface area contributed by atoms with Gasteiger partial charge in [0.25, 0.3) is 0 Å². The van der Waals surface area contributed by atoms with Crippen molar-refractivity contribution in [1.82, 2.24) is 10.3 Å². The van der Waals surface area contributed by atoms with E-state index < -0.39 is 0 Å². The molecule has 0 radical (unpaired) electrons. The Bertz CT molecular complexity index is 247. The number of thiazole rings is 1. The number of hydrogen-bond donors (Lipinski definition) is 1. The van der Waals surface area contributed by atoms with Gasteiger partial charge < -0.3 is 10.1 Å². The molecule has 0 aliphatic rings. The molecule has 1 N–H and O–H groups in total. The van der Waals surface area contributed by atoms with Crippen molar-refractivity contribution < 1.29 is 4.74 Å². The molecule has 0 aliphatic carbocycles.